The first-order valence-corrected chi connectivity index (χ1v) is 3.97. The molecule has 7 heteroatoms. The summed E-state index contributed by atoms with van der Waals surface area (Å²) in [6.45, 7) is 0. The van der Waals surface area contributed by atoms with Crippen molar-refractivity contribution in [2.75, 3.05) is 7.11 Å². The largest absolute Gasteiger partial charge is 0.465 e. The number of alkyl halides is 2. The number of pyridine rings is 1. The average molecular weight is 230 g/mol. The highest BCUT2D eigenvalue weighted by molar-refractivity contribution is 5.91. The second kappa shape index (κ2) is 4.61. The number of aromatic nitrogens is 1. The molecule has 1 aromatic heterocycles. The lowest BCUT2D eigenvalue weighted by atomic mass is 10.1. The molecule has 1 heterocycles. The maximum atomic E-state index is 13.4. The Hall–Kier alpha value is -2.10. The Morgan fingerprint density at radius 1 is 1.62 bits per heavy atom. The van der Waals surface area contributed by atoms with Crippen molar-refractivity contribution < 1.29 is 22.7 Å². The fourth-order valence-electron chi connectivity index (χ4n) is 1.04. The number of ether oxygens (including phenoxy) is 1. The molecular formula is C9H5F3N2O2. The molecule has 0 atom stereocenters. The summed E-state index contributed by atoms with van der Waals surface area (Å²) in [5.74, 6) is -2.64. The van der Waals surface area contributed by atoms with Crippen LogP contribution in [0.4, 0.5) is 13.2 Å². The van der Waals surface area contributed by atoms with E-state index in [2.05, 4.69) is 9.72 Å². The zero-order valence-corrected chi connectivity index (χ0v) is 8.00. The number of rotatable bonds is 2. The zero-order chi connectivity index (χ0) is 12.3. The monoisotopic (exact) mass is 230 g/mol. The van der Waals surface area contributed by atoms with E-state index < -0.39 is 35.0 Å². The van der Waals surface area contributed by atoms with Gasteiger partial charge >= 0.3 is 5.97 Å². The van der Waals surface area contributed by atoms with Crippen molar-refractivity contribution in [1.29, 1.82) is 5.26 Å². The Balaban J connectivity index is 3.50. The van der Waals surface area contributed by atoms with Gasteiger partial charge in [-0.25, -0.2) is 18.0 Å². The lowest BCUT2D eigenvalue weighted by molar-refractivity contribution is 0.0580. The minimum atomic E-state index is -3.13. The molecule has 0 radical (unpaired) electrons. The zero-order valence-electron chi connectivity index (χ0n) is 8.00. The SMILES string of the molecule is COC(=O)c1c(C(F)F)ncc(C#N)c1F. The summed E-state index contributed by atoms with van der Waals surface area (Å²) in [6, 6.07) is 1.39. The van der Waals surface area contributed by atoms with Crippen molar-refractivity contribution in [2.45, 2.75) is 6.43 Å². The quantitative estimate of drug-likeness (QED) is 0.727. The third-order valence-electron chi connectivity index (χ3n) is 1.76. The molecule has 0 fully saturated rings. The van der Waals surface area contributed by atoms with Crippen molar-refractivity contribution in [3.05, 3.63) is 28.8 Å². The fraction of sp³-hybridized carbons (Fsp3) is 0.222. The molecule has 0 amide bonds. The van der Waals surface area contributed by atoms with Gasteiger partial charge in [-0.15, -0.1) is 0 Å². The molecule has 0 aliphatic heterocycles. The van der Waals surface area contributed by atoms with E-state index >= 15 is 0 Å². The van der Waals surface area contributed by atoms with Gasteiger partial charge in [-0.2, -0.15) is 5.26 Å². The standard InChI is InChI=1S/C9H5F3N2O2/c1-16-9(15)5-6(10)4(2-13)3-14-7(5)8(11)12/h3,8H,1H3. The van der Waals surface area contributed by atoms with Crippen molar-refractivity contribution in [2.24, 2.45) is 0 Å². The van der Waals surface area contributed by atoms with Crippen molar-refractivity contribution >= 4 is 5.97 Å². The Labute approximate surface area is 88.3 Å². The number of nitriles is 1. The predicted molar refractivity (Wildman–Crippen MR) is 45.2 cm³/mol. The van der Waals surface area contributed by atoms with Crippen molar-refractivity contribution in [3.63, 3.8) is 0 Å². The Morgan fingerprint density at radius 2 is 2.25 bits per heavy atom. The van der Waals surface area contributed by atoms with Gasteiger partial charge in [-0.3, -0.25) is 4.98 Å². The number of esters is 1. The van der Waals surface area contributed by atoms with Crippen LogP contribution in [0.15, 0.2) is 6.20 Å². The van der Waals surface area contributed by atoms with Gasteiger partial charge in [0.2, 0.25) is 0 Å². The molecule has 0 aliphatic carbocycles. The van der Waals surface area contributed by atoms with E-state index in [0.717, 1.165) is 7.11 Å². The van der Waals surface area contributed by atoms with E-state index in [1.165, 1.54) is 6.07 Å². The molecule has 16 heavy (non-hydrogen) atoms. The molecule has 0 saturated carbocycles. The first kappa shape index (κ1) is 12.0. The molecule has 0 aromatic carbocycles. The first-order chi connectivity index (χ1) is 7.52. The summed E-state index contributed by atoms with van der Waals surface area (Å²) >= 11 is 0. The van der Waals surface area contributed by atoms with E-state index in [1.807, 2.05) is 0 Å². The van der Waals surface area contributed by atoms with Crippen molar-refractivity contribution in [1.82, 2.24) is 4.98 Å². The fourth-order valence-corrected chi connectivity index (χ4v) is 1.04. The molecule has 0 aliphatic rings. The third kappa shape index (κ3) is 1.95. The minimum Gasteiger partial charge on any atom is -0.465 e. The second-order valence-electron chi connectivity index (χ2n) is 2.65. The van der Waals surface area contributed by atoms with E-state index in [0.29, 0.717) is 6.20 Å². The second-order valence-corrected chi connectivity index (χ2v) is 2.65. The highest BCUT2D eigenvalue weighted by Gasteiger charge is 2.26. The van der Waals surface area contributed by atoms with Gasteiger partial charge in [0.25, 0.3) is 6.43 Å². The number of carbonyl (C=O) groups is 1. The normalized spacial score (nSPS) is 10.0. The molecule has 0 spiro atoms. The molecule has 0 unspecified atom stereocenters. The van der Waals surface area contributed by atoms with Gasteiger partial charge in [0.05, 0.1) is 7.11 Å². The van der Waals surface area contributed by atoms with Gasteiger partial charge in [0.1, 0.15) is 22.9 Å². The summed E-state index contributed by atoms with van der Waals surface area (Å²) in [5, 5.41) is 8.46. The Kier molecular flexibility index (Phi) is 3.45. The predicted octanol–water partition coefficient (Wildman–Crippen LogP) is 1.82. The first-order valence-electron chi connectivity index (χ1n) is 3.97. The minimum absolute atomic E-state index is 0.593. The van der Waals surface area contributed by atoms with Crippen LogP contribution in [0.3, 0.4) is 0 Å². The Bertz CT molecular complexity index is 469. The summed E-state index contributed by atoms with van der Waals surface area (Å²) in [6.07, 6.45) is -2.49. The molecule has 0 saturated heterocycles. The van der Waals surface area contributed by atoms with Gasteiger partial charge < -0.3 is 4.74 Å². The number of halogens is 3. The van der Waals surface area contributed by atoms with Crippen LogP contribution in [-0.2, 0) is 4.74 Å². The number of hydrogen-bond acceptors (Lipinski definition) is 4. The summed E-state index contributed by atoms with van der Waals surface area (Å²) in [5.41, 5.74) is -2.63. The summed E-state index contributed by atoms with van der Waals surface area (Å²) in [4.78, 5) is 14.2. The van der Waals surface area contributed by atoms with Gasteiger partial charge in [-0.05, 0) is 0 Å². The molecular weight excluding hydrogens is 225 g/mol. The lowest BCUT2D eigenvalue weighted by Gasteiger charge is -2.07. The number of carbonyl (C=O) groups excluding carboxylic acids is 1. The molecule has 4 nitrogen and oxygen atoms in total. The lowest BCUT2D eigenvalue weighted by Crippen LogP contribution is -2.12. The van der Waals surface area contributed by atoms with Crippen LogP contribution in [0.5, 0.6) is 0 Å². The van der Waals surface area contributed by atoms with Crippen LogP contribution in [0.1, 0.15) is 28.0 Å². The van der Waals surface area contributed by atoms with Gasteiger partial charge in [0.15, 0.2) is 5.82 Å². The van der Waals surface area contributed by atoms with Crippen molar-refractivity contribution in [3.8, 4) is 6.07 Å². The number of nitrogens with zero attached hydrogens (tertiary/aromatic N) is 2. The molecule has 1 aromatic rings. The Morgan fingerprint density at radius 3 is 2.69 bits per heavy atom. The van der Waals surface area contributed by atoms with Crippen LogP contribution < -0.4 is 0 Å². The summed E-state index contributed by atoms with van der Waals surface area (Å²) in [7, 11) is 0.913. The van der Waals surface area contributed by atoms with Gasteiger partial charge in [0, 0.05) is 6.20 Å². The topological polar surface area (TPSA) is 63.0 Å². The summed E-state index contributed by atoms with van der Waals surface area (Å²) < 4.78 is 42.4. The maximum Gasteiger partial charge on any atom is 0.343 e. The maximum absolute atomic E-state index is 13.4. The van der Waals surface area contributed by atoms with E-state index in [1.54, 1.807) is 0 Å². The van der Waals surface area contributed by atoms with E-state index in [9.17, 15) is 18.0 Å². The van der Waals surface area contributed by atoms with E-state index in [4.69, 9.17) is 5.26 Å². The number of hydrogen-bond donors (Lipinski definition) is 0. The molecule has 0 N–H and O–H groups in total. The smallest absolute Gasteiger partial charge is 0.343 e. The van der Waals surface area contributed by atoms with Crippen LogP contribution in [0, 0.1) is 17.1 Å². The van der Waals surface area contributed by atoms with Crippen LogP contribution >= 0.6 is 0 Å². The van der Waals surface area contributed by atoms with E-state index in [-0.39, 0.29) is 0 Å². The van der Waals surface area contributed by atoms with Crippen LogP contribution in [-0.4, -0.2) is 18.1 Å². The molecule has 0 bridgehead atoms. The third-order valence-corrected chi connectivity index (χ3v) is 1.76. The highest BCUT2D eigenvalue weighted by atomic mass is 19.3. The van der Waals surface area contributed by atoms with Crippen LogP contribution in [0.2, 0.25) is 0 Å². The highest BCUT2D eigenvalue weighted by Crippen LogP contribution is 2.24. The molecule has 84 valence electrons. The van der Waals surface area contributed by atoms with Crippen LogP contribution in [0.25, 0.3) is 0 Å². The van der Waals surface area contributed by atoms with Gasteiger partial charge in [-0.1, -0.05) is 0 Å². The average Bonchev–Trinajstić information content (AvgIpc) is 2.27. The molecule has 1 rings (SSSR count). The number of methoxy groups -OCH3 is 1.